The molecule has 1 unspecified atom stereocenters. The summed E-state index contributed by atoms with van der Waals surface area (Å²) in [5.41, 5.74) is 9.73. The molecule has 1 atom stereocenters. The van der Waals surface area contributed by atoms with Gasteiger partial charge in [0.15, 0.2) is 0 Å². The van der Waals surface area contributed by atoms with Crippen molar-refractivity contribution < 1.29 is 14.3 Å². The van der Waals surface area contributed by atoms with E-state index in [-0.39, 0.29) is 28.5 Å². The van der Waals surface area contributed by atoms with Crippen molar-refractivity contribution in [2.24, 2.45) is 5.73 Å². The highest BCUT2D eigenvalue weighted by atomic mass is 32.2. The molecule has 0 saturated carbocycles. The number of fused-ring (bicyclic) bond motifs is 1. The lowest BCUT2D eigenvalue weighted by molar-refractivity contribution is -0.136. The summed E-state index contributed by atoms with van der Waals surface area (Å²) in [6.45, 7) is 0. The van der Waals surface area contributed by atoms with E-state index in [1.807, 2.05) is 6.07 Å². The second-order valence-corrected chi connectivity index (χ2v) is 8.91. The molecule has 4 rings (SSSR count). The van der Waals surface area contributed by atoms with Crippen LogP contribution in [0.25, 0.3) is 0 Å². The second kappa shape index (κ2) is 10.4. The molecular weight excluding hydrogens is 450 g/mol. The van der Waals surface area contributed by atoms with Crippen LogP contribution in [0.2, 0.25) is 0 Å². The largest absolute Gasteiger partial charge is 0.466 e. The van der Waals surface area contributed by atoms with Crippen LogP contribution in [0.3, 0.4) is 0 Å². The van der Waals surface area contributed by atoms with E-state index in [2.05, 4.69) is 17.1 Å². The average Bonchev–Trinajstić information content (AvgIpc) is 3.11. The van der Waals surface area contributed by atoms with Gasteiger partial charge in [0.2, 0.25) is 5.88 Å². The molecule has 3 heterocycles. The molecule has 2 N–H and O–H groups in total. The number of aryl methyl sites for hydroxylation is 2. The van der Waals surface area contributed by atoms with E-state index in [0.29, 0.717) is 16.2 Å². The van der Waals surface area contributed by atoms with Gasteiger partial charge in [0.25, 0.3) is 0 Å². The van der Waals surface area contributed by atoms with Crippen LogP contribution in [0, 0.1) is 22.7 Å². The zero-order chi connectivity index (χ0) is 24.1. The van der Waals surface area contributed by atoms with Crippen LogP contribution in [-0.2, 0) is 27.1 Å². The molecule has 8 nitrogen and oxygen atoms in total. The van der Waals surface area contributed by atoms with Gasteiger partial charge in [-0.3, -0.25) is 4.98 Å². The third-order valence-electron chi connectivity index (χ3n) is 5.92. The van der Waals surface area contributed by atoms with Crippen LogP contribution < -0.4 is 5.73 Å². The van der Waals surface area contributed by atoms with Crippen molar-refractivity contribution in [2.75, 3.05) is 12.9 Å². The maximum atomic E-state index is 12.9. The molecule has 0 aromatic carbocycles. The first kappa shape index (κ1) is 23.3. The predicted molar refractivity (Wildman–Crippen MR) is 125 cm³/mol. The van der Waals surface area contributed by atoms with Gasteiger partial charge in [-0.05, 0) is 55.0 Å². The Balaban J connectivity index is 1.73. The zero-order valence-corrected chi connectivity index (χ0v) is 19.5. The fourth-order valence-electron chi connectivity index (χ4n) is 4.26. The minimum Gasteiger partial charge on any atom is -0.466 e. The normalized spacial score (nSPS) is 17.7. The summed E-state index contributed by atoms with van der Waals surface area (Å²) in [6, 6.07) is 9.67. The third-order valence-corrected chi connectivity index (χ3v) is 6.91. The molecule has 0 bridgehead atoms. The maximum absolute atomic E-state index is 12.9. The highest BCUT2D eigenvalue weighted by Gasteiger charge is 2.37. The molecule has 34 heavy (non-hydrogen) atoms. The van der Waals surface area contributed by atoms with Crippen molar-refractivity contribution in [3.05, 3.63) is 75.8 Å². The van der Waals surface area contributed by atoms with E-state index >= 15 is 0 Å². The third kappa shape index (κ3) is 4.61. The molecule has 2 aliphatic rings. The number of ether oxygens (including phenoxy) is 2. The minimum atomic E-state index is -0.750. The summed E-state index contributed by atoms with van der Waals surface area (Å²) in [5, 5.41) is 20.0. The number of nitrogens with zero attached hydrogens (tertiary/aromatic N) is 4. The van der Waals surface area contributed by atoms with Gasteiger partial charge in [0.05, 0.1) is 29.9 Å². The van der Waals surface area contributed by atoms with Gasteiger partial charge in [-0.2, -0.15) is 10.5 Å². The highest BCUT2D eigenvalue weighted by molar-refractivity contribution is 7.99. The van der Waals surface area contributed by atoms with Crippen molar-refractivity contribution in [2.45, 2.75) is 43.0 Å². The molecule has 2 aromatic rings. The fourth-order valence-corrected chi connectivity index (χ4v) is 5.18. The minimum absolute atomic E-state index is 0.0667. The average molecular weight is 474 g/mol. The Morgan fingerprint density at radius 1 is 1.24 bits per heavy atom. The van der Waals surface area contributed by atoms with E-state index in [4.69, 9.17) is 20.2 Å². The van der Waals surface area contributed by atoms with Gasteiger partial charge < -0.3 is 15.2 Å². The van der Waals surface area contributed by atoms with Crippen LogP contribution in [0.5, 0.6) is 0 Å². The molecule has 9 heteroatoms. The smallest absolute Gasteiger partial charge is 0.338 e. The number of carbonyl (C=O) groups excluding carboxylic acids is 1. The number of esters is 1. The van der Waals surface area contributed by atoms with Crippen molar-refractivity contribution in [3.63, 3.8) is 0 Å². The molecular formula is C25H23N5O3S. The molecule has 0 fully saturated rings. The molecule has 0 amide bonds. The van der Waals surface area contributed by atoms with E-state index in [0.717, 1.165) is 43.4 Å². The van der Waals surface area contributed by atoms with Crippen LogP contribution >= 0.6 is 11.8 Å². The molecule has 0 spiro atoms. The number of pyridine rings is 2. The molecule has 0 radical (unpaired) electrons. The van der Waals surface area contributed by atoms with E-state index in [1.54, 1.807) is 24.5 Å². The number of methoxy groups -OCH3 is 1. The first-order valence-electron chi connectivity index (χ1n) is 10.9. The number of hydrogen-bond donors (Lipinski definition) is 1. The van der Waals surface area contributed by atoms with Crippen molar-refractivity contribution >= 4 is 17.7 Å². The van der Waals surface area contributed by atoms with Gasteiger partial charge in [-0.25, -0.2) is 9.78 Å². The number of hydrogen-bond acceptors (Lipinski definition) is 9. The lowest BCUT2D eigenvalue weighted by Gasteiger charge is -2.27. The first-order valence-corrected chi connectivity index (χ1v) is 11.9. The first-order chi connectivity index (χ1) is 16.6. The summed E-state index contributed by atoms with van der Waals surface area (Å²) in [5.74, 6) is -0.974. The summed E-state index contributed by atoms with van der Waals surface area (Å²) in [7, 11) is 1.28. The Labute approximate surface area is 202 Å². The number of rotatable bonds is 5. The SMILES string of the molecule is COC(=O)C1=C(CSc2nc3c(cc2C#N)CCCCC3)OC(N)=C(C#N)C1c1ccncc1. The number of carbonyl (C=O) groups is 1. The van der Waals surface area contributed by atoms with Crippen LogP contribution in [0.1, 0.15) is 47.6 Å². The Morgan fingerprint density at radius 3 is 2.71 bits per heavy atom. The van der Waals surface area contributed by atoms with Gasteiger partial charge in [-0.1, -0.05) is 18.2 Å². The lowest BCUT2D eigenvalue weighted by atomic mass is 9.83. The second-order valence-electron chi connectivity index (χ2n) is 7.94. The maximum Gasteiger partial charge on any atom is 0.338 e. The van der Waals surface area contributed by atoms with E-state index in [1.165, 1.54) is 18.9 Å². The van der Waals surface area contributed by atoms with Crippen LogP contribution in [-0.4, -0.2) is 28.8 Å². The van der Waals surface area contributed by atoms with E-state index < -0.39 is 11.9 Å². The lowest BCUT2D eigenvalue weighted by Crippen LogP contribution is -2.26. The van der Waals surface area contributed by atoms with Crippen LogP contribution in [0.15, 0.2) is 58.4 Å². The standard InChI is InChI=1S/C25H23N5O3S/c1-32-25(31)22-20(33-23(28)18(13-27)21(22)15-7-9-29-10-8-15)14-34-24-17(12-26)11-16-5-3-2-4-6-19(16)30-24/h7-11,21H,2-6,14,28H2,1H3. The van der Waals surface area contributed by atoms with Gasteiger partial charge in [0.1, 0.15) is 28.5 Å². The molecule has 0 saturated heterocycles. The zero-order valence-electron chi connectivity index (χ0n) is 18.7. The van der Waals surface area contributed by atoms with Gasteiger partial charge >= 0.3 is 5.97 Å². The van der Waals surface area contributed by atoms with Crippen molar-refractivity contribution in [1.29, 1.82) is 10.5 Å². The summed E-state index contributed by atoms with van der Waals surface area (Å²) >= 11 is 1.30. The highest BCUT2D eigenvalue weighted by Crippen LogP contribution is 2.41. The van der Waals surface area contributed by atoms with E-state index in [9.17, 15) is 15.3 Å². The Bertz CT molecular complexity index is 1260. The Kier molecular flexibility index (Phi) is 7.15. The summed E-state index contributed by atoms with van der Waals surface area (Å²) in [4.78, 5) is 21.7. The summed E-state index contributed by atoms with van der Waals surface area (Å²) in [6.07, 6.45) is 8.28. The monoisotopic (exact) mass is 473 g/mol. The fraction of sp³-hybridized carbons (Fsp3) is 0.320. The molecule has 1 aliphatic heterocycles. The molecule has 1 aliphatic carbocycles. The Hall–Kier alpha value is -3.82. The number of thioether (sulfide) groups is 1. The topological polar surface area (TPSA) is 135 Å². The number of allylic oxidation sites excluding steroid dienone is 1. The quantitative estimate of drug-likeness (QED) is 0.392. The van der Waals surface area contributed by atoms with Gasteiger partial charge in [-0.15, -0.1) is 0 Å². The molecule has 2 aromatic heterocycles. The van der Waals surface area contributed by atoms with Crippen molar-refractivity contribution in [3.8, 4) is 12.1 Å². The van der Waals surface area contributed by atoms with Crippen molar-refractivity contribution in [1.82, 2.24) is 9.97 Å². The van der Waals surface area contributed by atoms with Gasteiger partial charge in [0, 0.05) is 18.1 Å². The van der Waals surface area contributed by atoms with Crippen LogP contribution in [0.4, 0.5) is 0 Å². The predicted octanol–water partition coefficient (Wildman–Crippen LogP) is 3.64. The molecule has 172 valence electrons. The number of aromatic nitrogens is 2. The Morgan fingerprint density at radius 2 is 2.00 bits per heavy atom. The number of nitriles is 2. The summed E-state index contributed by atoms with van der Waals surface area (Å²) < 4.78 is 10.8. The number of nitrogens with two attached hydrogens (primary N) is 1.